The molecule has 1 aromatic carbocycles. The molecule has 0 bridgehead atoms. The van der Waals surface area contributed by atoms with Gasteiger partial charge in [-0.25, -0.2) is 0 Å². The van der Waals surface area contributed by atoms with Gasteiger partial charge in [-0.2, -0.15) is 0 Å². The maximum Gasteiger partial charge on any atom is 0.263 e. The topological polar surface area (TPSA) is 71.8 Å². The van der Waals surface area contributed by atoms with Crippen molar-refractivity contribution < 1.29 is 18.7 Å². The van der Waals surface area contributed by atoms with Crippen LogP contribution < -0.4 is 15.0 Å². The molecule has 2 amide bonds. The quantitative estimate of drug-likeness (QED) is 0.517. The summed E-state index contributed by atoms with van der Waals surface area (Å²) in [6, 6.07) is 7.43. The minimum absolute atomic E-state index is 0.123. The lowest BCUT2D eigenvalue weighted by atomic mass is 9.93. The number of anilines is 1. The zero-order valence-corrected chi connectivity index (χ0v) is 19.5. The molecule has 1 aromatic heterocycles. The Hall–Kier alpha value is -2.58. The lowest BCUT2D eigenvalue weighted by Crippen LogP contribution is -2.31. The lowest BCUT2D eigenvalue weighted by molar-refractivity contribution is -0.115. The van der Waals surface area contributed by atoms with Gasteiger partial charge in [0.2, 0.25) is 0 Å². The number of carbonyl (C=O) groups excluding carboxylic acids is 2. The average Bonchev–Trinajstić information content (AvgIpc) is 3.15. The maximum absolute atomic E-state index is 13.5. The fourth-order valence-corrected chi connectivity index (χ4v) is 4.52. The van der Waals surface area contributed by atoms with Gasteiger partial charge < -0.3 is 19.4 Å². The van der Waals surface area contributed by atoms with Gasteiger partial charge in [-0.3, -0.25) is 9.59 Å². The van der Waals surface area contributed by atoms with Crippen molar-refractivity contribution in [3.63, 3.8) is 0 Å². The van der Waals surface area contributed by atoms with Gasteiger partial charge in [-0.05, 0) is 43.2 Å². The van der Waals surface area contributed by atoms with Gasteiger partial charge in [-0.1, -0.05) is 50.8 Å². The Labute approximate surface area is 191 Å². The molecule has 8 heteroatoms. The van der Waals surface area contributed by atoms with Gasteiger partial charge >= 0.3 is 0 Å². The largest absolute Gasteiger partial charge is 0.491 e. The van der Waals surface area contributed by atoms with E-state index >= 15 is 0 Å². The molecule has 0 radical (unpaired) electrons. The number of thiocarbonyl (C=S) groups is 1. The molecule has 1 N–H and O–H groups in total. The Morgan fingerprint density at radius 1 is 1.29 bits per heavy atom. The van der Waals surface area contributed by atoms with Crippen LogP contribution in [0.4, 0.5) is 5.69 Å². The number of nitrogens with one attached hydrogen (secondary N) is 1. The van der Waals surface area contributed by atoms with Crippen LogP contribution in [0.25, 0.3) is 6.08 Å². The van der Waals surface area contributed by atoms with Gasteiger partial charge in [0.15, 0.2) is 0 Å². The normalized spacial score (nSPS) is 17.9. The zero-order chi connectivity index (χ0) is 22.3. The third-order valence-electron chi connectivity index (χ3n) is 5.13. The Kier molecular flexibility index (Phi) is 5.70. The van der Waals surface area contributed by atoms with E-state index in [1.807, 2.05) is 31.2 Å². The number of thioether (sulfide) groups is 1. The molecule has 0 saturated carbocycles. The summed E-state index contributed by atoms with van der Waals surface area (Å²) >= 11 is 6.29. The molecule has 6 nitrogen and oxygen atoms in total. The molecule has 1 saturated heterocycles. The summed E-state index contributed by atoms with van der Waals surface area (Å²) in [5.41, 5.74) is 1.84. The highest BCUT2D eigenvalue weighted by Gasteiger charge is 2.29. The number of amides is 2. The van der Waals surface area contributed by atoms with Crippen LogP contribution in [0.2, 0.25) is 0 Å². The number of aryl methyl sites for hydroxylation is 1. The molecule has 0 aliphatic carbocycles. The van der Waals surface area contributed by atoms with Crippen molar-refractivity contribution in [1.82, 2.24) is 5.32 Å². The molecular formula is C23H24N2O4S2. The number of carbonyl (C=O) groups is 2. The Balaban J connectivity index is 1.72. The van der Waals surface area contributed by atoms with Crippen LogP contribution in [0.3, 0.4) is 0 Å². The lowest BCUT2D eigenvalue weighted by Gasteiger charge is -2.22. The Morgan fingerprint density at radius 2 is 2.06 bits per heavy atom. The van der Waals surface area contributed by atoms with Gasteiger partial charge in [-0.15, -0.1) is 0 Å². The van der Waals surface area contributed by atoms with E-state index in [0.29, 0.717) is 51.6 Å². The maximum atomic E-state index is 13.5. The smallest absolute Gasteiger partial charge is 0.263 e. The number of nitrogens with zero attached hydrogens (tertiary/aromatic N) is 1. The van der Waals surface area contributed by atoms with Crippen LogP contribution in [-0.4, -0.2) is 29.3 Å². The van der Waals surface area contributed by atoms with Crippen molar-refractivity contribution in [2.75, 3.05) is 18.1 Å². The van der Waals surface area contributed by atoms with Crippen LogP contribution in [0, 0.1) is 6.92 Å². The first-order valence-electron chi connectivity index (χ1n) is 10.1. The van der Waals surface area contributed by atoms with E-state index in [-0.39, 0.29) is 17.2 Å². The van der Waals surface area contributed by atoms with Crippen molar-refractivity contribution in [1.29, 1.82) is 0 Å². The van der Waals surface area contributed by atoms with E-state index in [2.05, 4.69) is 26.1 Å². The Bertz CT molecular complexity index is 1110. The van der Waals surface area contributed by atoms with Crippen LogP contribution in [0.5, 0.6) is 5.75 Å². The standard InChI is InChI=1S/C23H24N2O4S2/c1-13-15(12-19(29-13)23(2,3)4)21(27)25-8-5-9-28-17-7-6-14(10-16(17)25)11-18-20(26)24-22(30)31-18/h6-7,10-12H,5,8-9H2,1-4H3,(H,24,26,30)/b18-11-. The number of ether oxygens (including phenoxy) is 1. The van der Waals surface area contributed by atoms with Crippen LogP contribution in [0.15, 0.2) is 33.6 Å². The Morgan fingerprint density at radius 3 is 2.71 bits per heavy atom. The summed E-state index contributed by atoms with van der Waals surface area (Å²) in [4.78, 5) is 27.8. The predicted octanol–water partition coefficient (Wildman–Crippen LogP) is 4.80. The van der Waals surface area contributed by atoms with E-state index in [0.717, 1.165) is 11.3 Å². The van der Waals surface area contributed by atoms with E-state index in [9.17, 15) is 9.59 Å². The highest BCUT2D eigenvalue weighted by Crippen LogP contribution is 2.36. The second kappa shape index (κ2) is 8.16. The van der Waals surface area contributed by atoms with Crippen molar-refractivity contribution in [3.05, 3.63) is 51.8 Å². The molecule has 0 unspecified atom stereocenters. The molecule has 0 spiro atoms. The minimum Gasteiger partial charge on any atom is -0.491 e. The summed E-state index contributed by atoms with van der Waals surface area (Å²) in [6.07, 6.45) is 2.49. The highest BCUT2D eigenvalue weighted by atomic mass is 32.2. The number of hydrogen-bond donors (Lipinski definition) is 1. The second-order valence-electron chi connectivity index (χ2n) is 8.57. The van der Waals surface area contributed by atoms with Gasteiger partial charge in [0.05, 0.1) is 22.8 Å². The third kappa shape index (κ3) is 4.41. The number of fused-ring (bicyclic) bond motifs is 1. The van der Waals surface area contributed by atoms with E-state index in [1.165, 1.54) is 11.8 Å². The van der Waals surface area contributed by atoms with Crippen LogP contribution in [0.1, 0.15) is 54.6 Å². The number of benzene rings is 1. The summed E-state index contributed by atoms with van der Waals surface area (Å²) < 4.78 is 12.2. The summed E-state index contributed by atoms with van der Waals surface area (Å²) in [6.45, 7) is 9.03. The third-order valence-corrected chi connectivity index (χ3v) is 6.29. The van der Waals surface area contributed by atoms with Crippen molar-refractivity contribution in [2.24, 2.45) is 0 Å². The SMILES string of the molecule is Cc1oc(C(C)(C)C)cc1C(=O)N1CCCOc2ccc(/C=C3\SC(=S)NC3=O)cc21. The number of furan rings is 1. The van der Waals surface area contributed by atoms with Crippen molar-refractivity contribution in [2.45, 2.75) is 39.5 Å². The molecule has 2 aliphatic heterocycles. The molecule has 1 fully saturated rings. The molecule has 31 heavy (non-hydrogen) atoms. The second-order valence-corrected chi connectivity index (χ2v) is 10.3. The van der Waals surface area contributed by atoms with E-state index < -0.39 is 0 Å². The fourth-order valence-electron chi connectivity index (χ4n) is 3.48. The van der Waals surface area contributed by atoms with Crippen LogP contribution in [-0.2, 0) is 10.2 Å². The minimum atomic E-state index is -0.210. The predicted molar refractivity (Wildman–Crippen MR) is 127 cm³/mol. The monoisotopic (exact) mass is 456 g/mol. The van der Waals surface area contributed by atoms with Gasteiger partial charge in [0.1, 0.15) is 21.6 Å². The number of hydrogen-bond acceptors (Lipinski definition) is 6. The van der Waals surface area contributed by atoms with Crippen molar-refractivity contribution >= 4 is 51.9 Å². The molecule has 2 aromatic rings. The van der Waals surface area contributed by atoms with Crippen molar-refractivity contribution in [3.8, 4) is 5.75 Å². The molecule has 162 valence electrons. The summed E-state index contributed by atoms with van der Waals surface area (Å²) in [5.74, 6) is 1.69. The highest BCUT2D eigenvalue weighted by molar-refractivity contribution is 8.26. The first kappa shape index (κ1) is 21.6. The molecule has 2 aliphatic rings. The number of rotatable bonds is 2. The molecule has 4 rings (SSSR count). The van der Waals surface area contributed by atoms with Gasteiger partial charge in [0, 0.05) is 12.0 Å². The zero-order valence-electron chi connectivity index (χ0n) is 17.9. The first-order valence-corrected chi connectivity index (χ1v) is 11.3. The average molecular weight is 457 g/mol. The first-order chi connectivity index (χ1) is 14.6. The van der Waals surface area contributed by atoms with Crippen LogP contribution >= 0.6 is 24.0 Å². The van der Waals surface area contributed by atoms with E-state index in [4.69, 9.17) is 21.4 Å². The summed E-state index contributed by atoms with van der Waals surface area (Å²) in [7, 11) is 0. The molecular weight excluding hydrogens is 432 g/mol. The summed E-state index contributed by atoms with van der Waals surface area (Å²) in [5, 5.41) is 2.62. The van der Waals surface area contributed by atoms with Gasteiger partial charge in [0.25, 0.3) is 11.8 Å². The molecule has 3 heterocycles. The molecule has 0 atom stereocenters. The fraction of sp³-hybridized carbons (Fsp3) is 0.348. The van der Waals surface area contributed by atoms with E-state index in [1.54, 1.807) is 11.0 Å².